The molecule has 1 heterocycles. The number of sulfonamides is 1. The molecule has 2 aromatic rings. The quantitative estimate of drug-likeness (QED) is 0.268. The van der Waals surface area contributed by atoms with Crippen molar-refractivity contribution < 1.29 is 32.5 Å². The van der Waals surface area contributed by atoms with E-state index in [4.69, 9.17) is 5.73 Å². The molecule has 0 radical (unpaired) electrons. The predicted molar refractivity (Wildman–Crippen MR) is 165 cm³/mol. The molecule has 4 atom stereocenters. The number of primary amides is 1. The molecule has 4 N–H and O–H groups in total. The Bertz CT molecular complexity index is 1520. The Morgan fingerprint density at radius 2 is 1.58 bits per heavy atom. The van der Waals surface area contributed by atoms with Crippen LogP contribution in [0.3, 0.4) is 0 Å². The first-order valence-corrected chi connectivity index (χ1v) is 16.1. The maximum absolute atomic E-state index is 14.2. The number of nitrogens with one attached hydrogen (secondary N) is 2. The van der Waals surface area contributed by atoms with Crippen molar-refractivity contribution in [2.24, 2.45) is 11.7 Å². The standard InChI is InChI=1S/C30H40N6O8S/c1-19(2)17-25-29(39)32-20(3)28(38)33-21(4)30(40)34(24(27(31)37)18-22-11-6-5-7-12-22)15-10-16-35(25)45(43,44)26-14-9-8-13-23(26)36(41)42/h5-9,11-14,19-21,24-25H,10,15-18H2,1-4H3,(H2,31,37)(H,32,39)(H,33,38)/t20-,21-,24-,25?/m0/s1. The summed E-state index contributed by atoms with van der Waals surface area (Å²) < 4.78 is 29.2. The number of rotatable bonds is 9. The minimum Gasteiger partial charge on any atom is -0.368 e. The van der Waals surface area contributed by atoms with E-state index in [1.165, 1.54) is 30.9 Å². The molecule has 1 aliphatic rings. The highest BCUT2D eigenvalue weighted by atomic mass is 32.2. The van der Waals surface area contributed by atoms with Crippen LogP contribution in [-0.4, -0.2) is 83.4 Å². The lowest BCUT2D eigenvalue weighted by Gasteiger charge is -2.34. The van der Waals surface area contributed by atoms with Gasteiger partial charge >= 0.3 is 0 Å². The van der Waals surface area contributed by atoms with E-state index in [-0.39, 0.29) is 38.3 Å². The molecule has 1 fully saturated rings. The summed E-state index contributed by atoms with van der Waals surface area (Å²) in [6, 6.07) is 8.88. The van der Waals surface area contributed by atoms with Crippen molar-refractivity contribution >= 4 is 39.3 Å². The first-order valence-electron chi connectivity index (χ1n) is 14.6. The van der Waals surface area contributed by atoms with E-state index in [9.17, 15) is 37.7 Å². The number of nitrogens with zero attached hydrogens (tertiary/aromatic N) is 3. The Labute approximate surface area is 262 Å². The number of nitro benzene ring substituents is 1. The van der Waals surface area contributed by atoms with Gasteiger partial charge in [-0.3, -0.25) is 29.3 Å². The third kappa shape index (κ3) is 8.63. The maximum atomic E-state index is 14.2. The second-order valence-corrected chi connectivity index (χ2v) is 13.3. The molecule has 14 nitrogen and oxygen atoms in total. The van der Waals surface area contributed by atoms with Crippen molar-refractivity contribution in [3.8, 4) is 0 Å². The number of carbonyl (C=O) groups is 4. The van der Waals surface area contributed by atoms with Crippen LogP contribution in [0.25, 0.3) is 0 Å². The molecule has 1 saturated heterocycles. The fourth-order valence-electron chi connectivity index (χ4n) is 5.24. The zero-order chi connectivity index (χ0) is 33.5. The van der Waals surface area contributed by atoms with Gasteiger partial charge in [-0.15, -0.1) is 0 Å². The Morgan fingerprint density at radius 3 is 2.18 bits per heavy atom. The maximum Gasteiger partial charge on any atom is 0.289 e. The average molecular weight is 645 g/mol. The molecule has 0 saturated carbocycles. The van der Waals surface area contributed by atoms with Crippen molar-refractivity contribution in [3.63, 3.8) is 0 Å². The van der Waals surface area contributed by atoms with Gasteiger partial charge in [-0.2, -0.15) is 4.31 Å². The number of hydrogen-bond donors (Lipinski definition) is 3. The highest BCUT2D eigenvalue weighted by molar-refractivity contribution is 7.89. The lowest BCUT2D eigenvalue weighted by atomic mass is 10.0. The highest BCUT2D eigenvalue weighted by Gasteiger charge is 2.41. The van der Waals surface area contributed by atoms with E-state index in [0.29, 0.717) is 0 Å². The topological polar surface area (TPSA) is 202 Å². The fraction of sp³-hybridized carbons (Fsp3) is 0.467. The Kier molecular flexibility index (Phi) is 11.8. The molecule has 3 rings (SSSR count). The average Bonchev–Trinajstić information content (AvgIpc) is 2.99. The smallest absolute Gasteiger partial charge is 0.289 e. The molecule has 0 aliphatic carbocycles. The minimum atomic E-state index is -4.69. The summed E-state index contributed by atoms with van der Waals surface area (Å²) in [6.45, 7) is 5.87. The van der Waals surface area contributed by atoms with Gasteiger partial charge in [0.1, 0.15) is 24.2 Å². The van der Waals surface area contributed by atoms with Crippen LogP contribution in [0, 0.1) is 16.0 Å². The largest absolute Gasteiger partial charge is 0.368 e. The van der Waals surface area contributed by atoms with Gasteiger partial charge in [0.05, 0.1) is 4.92 Å². The van der Waals surface area contributed by atoms with Crippen LogP contribution >= 0.6 is 0 Å². The number of nitrogens with two attached hydrogens (primary N) is 1. The number of para-hydroxylation sites is 1. The lowest BCUT2D eigenvalue weighted by Crippen LogP contribution is -2.57. The summed E-state index contributed by atoms with van der Waals surface area (Å²) in [5, 5.41) is 16.9. The highest BCUT2D eigenvalue weighted by Crippen LogP contribution is 2.29. The van der Waals surface area contributed by atoms with Crippen LogP contribution in [0.2, 0.25) is 0 Å². The van der Waals surface area contributed by atoms with Gasteiger partial charge in [0.15, 0.2) is 4.90 Å². The molecule has 0 aromatic heterocycles. The zero-order valence-corrected chi connectivity index (χ0v) is 26.5. The van der Waals surface area contributed by atoms with Crippen LogP contribution in [0.15, 0.2) is 59.5 Å². The molecule has 15 heteroatoms. The van der Waals surface area contributed by atoms with Crippen LogP contribution in [-0.2, 0) is 35.6 Å². The van der Waals surface area contributed by atoms with Crippen molar-refractivity contribution in [2.75, 3.05) is 13.1 Å². The fourth-order valence-corrected chi connectivity index (χ4v) is 7.04. The SMILES string of the molecule is CC(C)CC1C(=O)N[C@@H](C)C(=O)N[C@@H](C)C(=O)N([C@@H](Cc2ccccc2)C(N)=O)CCCN1S(=O)(=O)c1ccccc1[N+](=O)[O-]. The van der Waals surface area contributed by atoms with Gasteiger partial charge in [0.2, 0.25) is 23.6 Å². The number of benzene rings is 2. The molecule has 244 valence electrons. The lowest BCUT2D eigenvalue weighted by molar-refractivity contribution is -0.387. The summed E-state index contributed by atoms with van der Waals surface area (Å²) in [7, 11) is -4.69. The third-order valence-electron chi connectivity index (χ3n) is 7.51. The van der Waals surface area contributed by atoms with Crippen LogP contribution in [0.4, 0.5) is 5.69 Å². The van der Waals surface area contributed by atoms with Crippen LogP contribution < -0.4 is 16.4 Å². The van der Waals surface area contributed by atoms with Crippen molar-refractivity contribution in [2.45, 2.75) is 76.0 Å². The summed E-state index contributed by atoms with van der Waals surface area (Å²) >= 11 is 0. The molecule has 2 aromatic carbocycles. The van der Waals surface area contributed by atoms with E-state index < -0.39 is 73.3 Å². The minimum absolute atomic E-state index is 0.0248. The summed E-state index contributed by atoms with van der Waals surface area (Å²) in [5.41, 5.74) is 5.83. The van der Waals surface area contributed by atoms with Gasteiger partial charge in [-0.25, -0.2) is 8.42 Å². The summed E-state index contributed by atoms with van der Waals surface area (Å²) in [4.78, 5) is 64.8. The zero-order valence-electron chi connectivity index (χ0n) is 25.7. The Morgan fingerprint density at radius 1 is 0.978 bits per heavy atom. The van der Waals surface area contributed by atoms with Crippen LogP contribution in [0.1, 0.15) is 46.1 Å². The number of hydrogen-bond acceptors (Lipinski definition) is 8. The monoisotopic (exact) mass is 644 g/mol. The van der Waals surface area contributed by atoms with E-state index in [1.54, 1.807) is 44.2 Å². The molecular weight excluding hydrogens is 604 g/mol. The summed E-state index contributed by atoms with van der Waals surface area (Å²) in [5.74, 6) is -3.12. The molecule has 0 bridgehead atoms. The number of carbonyl (C=O) groups excluding carboxylic acids is 4. The van der Waals surface area contributed by atoms with Gasteiger partial charge in [-0.1, -0.05) is 56.3 Å². The van der Waals surface area contributed by atoms with Crippen molar-refractivity contribution in [1.29, 1.82) is 0 Å². The van der Waals surface area contributed by atoms with E-state index >= 15 is 0 Å². The third-order valence-corrected chi connectivity index (χ3v) is 9.47. The second kappa shape index (κ2) is 15.1. The van der Waals surface area contributed by atoms with Crippen LogP contribution in [0.5, 0.6) is 0 Å². The predicted octanol–water partition coefficient (Wildman–Crippen LogP) is 1.34. The normalized spacial score (nSPS) is 21.6. The molecule has 1 aliphatic heterocycles. The Balaban J connectivity index is 2.15. The number of amides is 4. The second-order valence-electron chi connectivity index (χ2n) is 11.4. The van der Waals surface area contributed by atoms with E-state index in [0.717, 1.165) is 22.0 Å². The van der Waals surface area contributed by atoms with Gasteiger partial charge in [-0.05, 0) is 44.2 Å². The van der Waals surface area contributed by atoms with Gasteiger partial charge in [0, 0.05) is 25.6 Å². The Hall–Kier alpha value is -4.37. The molecule has 1 unspecified atom stereocenters. The molecule has 4 amide bonds. The first kappa shape index (κ1) is 35.1. The van der Waals surface area contributed by atoms with E-state index in [2.05, 4.69) is 10.6 Å². The molecule has 0 spiro atoms. The summed E-state index contributed by atoms with van der Waals surface area (Å²) in [6.07, 6.45) is 0.0203. The van der Waals surface area contributed by atoms with Crippen molar-refractivity contribution in [1.82, 2.24) is 19.8 Å². The van der Waals surface area contributed by atoms with Crippen molar-refractivity contribution in [3.05, 3.63) is 70.3 Å². The number of nitro groups is 1. The van der Waals surface area contributed by atoms with Gasteiger partial charge in [0.25, 0.3) is 15.7 Å². The first-order chi connectivity index (χ1) is 21.1. The molecule has 45 heavy (non-hydrogen) atoms. The van der Waals surface area contributed by atoms with E-state index in [1.807, 2.05) is 0 Å². The molecular formula is C30H40N6O8S. The van der Waals surface area contributed by atoms with Gasteiger partial charge < -0.3 is 21.3 Å².